The summed E-state index contributed by atoms with van der Waals surface area (Å²) in [6.45, 7) is 4.30. The summed E-state index contributed by atoms with van der Waals surface area (Å²) in [4.78, 5) is 0. The largest absolute Gasteiger partial charge is 0.317 e. The molecular weight excluding hydrogens is 98.1 g/mol. The molecular formula is C7H11N. The zero-order chi connectivity index (χ0) is 5.82. The van der Waals surface area contributed by atoms with Crippen LogP contribution < -0.4 is 5.32 Å². The van der Waals surface area contributed by atoms with Gasteiger partial charge in [-0.2, -0.15) is 0 Å². The standard InChI is InChI=1S/C7H11N/c1-2-8-6-5-7-3-4-7/h3,8H,2,5-6H2,1H3. The van der Waals surface area contributed by atoms with Crippen molar-refractivity contribution < 1.29 is 0 Å². The van der Waals surface area contributed by atoms with Gasteiger partial charge in [-0.3, -0.25) is 0 Å². The van der Waals surface area contributed by atoms with E-state index in [4.69, 9.17) is 0 Å². The fraction of sp³-hybridized carbons (Fsp3) is 0.571. The number of hydrogen-bond donors (Lipinski definition) is 1. The molecule has 0 aromatic heterocycles. The molecule has 1 aliphatic rings. The summed E-state index contributed by atoms with van der Waals surface area (Å²) in [6, 6.07) is 0. The Labute approximate surface area is 50.1 Å². The van der Waals surface area contributed by atoms with Crippen molar-refractivity contribution in [2.24, 2.45) is 0 Å². The van der Waals surface area contributed by atoms with E-state index >= 15 is 0 Å². The van der Waals surface area contributed by atoms with Crippen LogP contribution in [0.15, 0.2) is 17.4 Å². The third kappa shape index (κ3) is 1.97. The second-order valence-corrected chi connectivity index (χ2v) is 1.92. The molecule has 0 saturated carbocycles. The van der Waals surface area contributed by atoms with Gasteiger partial charge in [0.25, 0.3) is 0 Å². The van der Waals surface area contributed by atoms with Crippen LogP contribution in [0.1, 0.15) is 13.3 Å². The van der Waals surface area contributed by atoms with E-state index in [1.165, 1.54) is 5.57 Å². The summed E-state index contributed by atoms with van der Waals surface area (Å²) < 4.78 is 0. The highest BCUT2D eigenvalue weighted by molar-refractivity contribution is 5.30. The Morgan fingerprint density at radius 1 is 1.75 bits per heavy atom. The molecule has 44 valence electrons. The minimum atomic E-state index is 1.08. The van der Waals surface area contributed by atoms with Crippen LogP contribution in [0.4, 0.5) is 0 Å². The van der Waals surface area contributed by atoms with Crippen LogP contribution >= 0.6 is 0 Å². The highest BCUT2D eigenvalue weighted by Gasteiger charge is 1.96. The Hall–Kier alpha value is -0.520. The Morgan fingerprint density at radius 2 is 2.50 bits per heavy atom. The lowest BCUT2D eigenvalue weighted by atomic mass is 10.3. The summed E-state index contributed by atoms with van der Waals surface area (Å²) in [5.74, 6) is 0. The van der Waals surface area contributed by atoms with Crippen LogP contribution in [0, 0.1) is 0 Å². The first-order valence-corrected chi connectivity index (χ1v) is 3.10. The topological polar surface area (TPSA) is 12.0 Å². The average Bonchev–Trinajstić information content (AvgIpc) is 2.51. The van der Waals surface area contributed by atoms with E-state index in [0.717, 1.165) is 19.5 Å². The number of rotatable bonds is 4. The Morgan fingerprint density at radius 3 is 3.00 bits per heavy atom. The van der Waals surface area contributed by atoms with Crippen molar-refractivity contribution in [1.82, 2.24) is 5.32 Å². The lowest BCUT2D eigenvalue weighted by Gasteiger charge is -1.94. The van der Waals surface area contributed by atoms with E-state index in [1.807, 2.05) is 6.08 Å². The highest BCUT2D eigenvalue weighted by atomic mass is 14.8. The molecule has 1 N–H and O–H groups in total. The lowest BCUT2D eigenvalue weighted by molar-refractivity contribution is 0.722. The molecule has 1 aliphatic carbocycles. The Balaban J connectivity index is 1.82. The predicted octanol–water partition coefficient (Wildman–Crippen LogP) is 1.08. The van der Waals surface area contributed by atoms with Crippen LogP contribution in [0.25, 0.3) is 0 Å². The quantitative estimate of drug-likeness (QED) is 0.421. The normalized spacial score (nSPS) is 13.9. The zero-order valence-electron chi connectivity index (χ0n) is 5.20. The monoisotopic (exact) mass is 109 g/mol. The van der Waals surface area contributed by atoms with Crippen molar-refractivity contribution in [3.63, 3.8) is 0 Å². The third-order valence-corrected chi connectivity index (χ3v) is 1.17. The molecule has 8 heavy (non-hydrogen) atoms. The molecule has 0 aromatic carbocycles. The molecule has 0 radical (unpaired) electrons. The van der Waals surface area contributed by atoms with Gasteiger partial charge in [-0.15, -0.1) is 5.73 Å². The van der Waals surface area contributed by atoms with Gasteiger partial charge in [-0.25, -0.2) is 0 Å². The van der Waals surface area contributed by atoms with E-state index in [1.54, 1.807) is 0 Å². The lowest BCUT2D eigenvalue weighted by Crippen LogP contribution is -2.13. The Bertz CT molecular complexity index is 129. The second-order valence-electron chi connectivity index (χ2n) is 1.92. The van der Waals surface area contributed by atoms with Gasteiger partial charge in [0, 0.05) is 5.57 Å². The predicted molar refractivity (Wildman–Crippen MR) is 34.8 cm³/mol. The first kappa shape index (κ1) is 5.61. The maximum absolute atomic E-state index is 3.24. The first-order chi connectivity index (χ1) is 3.93. The summed E-state index contributed by atoms with van der Waals surface area (Å²) >= 11 is 0. The van der Waals surface area contributed by atoms with E-state index in [2.05, 4.69) is 18.0 Å². The maximum atomic E-state index is 3.24. The van der Waals surface area contributed by atoms with Gasteiger partial charge in [-0.1, -0.05) is 6.92 Å². The van der Waals surface area contributed by atoms with Crippen molar-refractivity contribution in [3.8, 4) is 0 Å². The van der Waals surface area contributed by atoms with Crippen molar-refractivity contribution in [3.05, 3.63) is 17.4 Å². The van der Waals surface area contributed by atoms with Crippen molar-refractivity contribution in [2.75, 3.05) is 13.1 Å². The van der Waals surface area contributed by atoms with Crippen molar-refractivity contribution >= 4 is 0 Å². The minimum Gasteiger partial charge on any atom is -0.317 e. The maximum Gasteiger partial charge on any atom is 0.00297 e. The third-order valence-electron chi connectivity index (χ3n) is 1.17. The van der Waals surface area contributed by atoms with Crippen molar-refractivity contribution in [2.45, 2.75) is 13.3 Å². The number of nitrogens with one attached hydrogen (secondary N) is 1. The molecule has 0 saturated heterocycles. The number of hydrogen-bond acceptors (Lipinski definition) is 1. The van der Waals surface area contributed by atoms with E-state index < -0.39 is 0 Å². The molecule has 0 aliphatic heterocycles. The molecule has 0 spiro atoms. The van der Waals surface area contributed by atoms with Crippen LogP contribution in [0.2, 0.25) is 0 Å². The molecule has 0 aromatic rings. The van der Waals surface area contributed by atoms with Gasteiger partial charge in [0.15, 0.2) is 0 Å². The molecule has 1 heteroatoms. The SMILES string of the molecule is CCNCCC1=C=C1. The Kier molecular flexibility index (Phi) is 1.90. The van der Waals surface area contributed by atoms with Gasteiger partial charge >= 0.3 is 0 Å². The van der Waals surface area contributed by atoms with Gasteiger partial charge in [0.2, 0.25) is 0 Å². The van der Waals surface area contributed by atoms with Crippen LogP contribution in [0.5, 0.6) is 0 Å². The summed E-state index contributed by atoms with van der Waals surface area (Å²) in [6.07, 6.45) is 3.20. The molecule has 0 bridgehead atoms. The fourth-order valence-electron chi connectivity index (χ4n) is 0.595. The minimum absolute atomic E-state index is 1.08. The van der Waals surface area contributed by atoms with E-state index in [9.17, 15) is 0 Å². The van der Waals surface area contributed by atoms with Crippen molar-refractivity contribution in [1.29, 1.82) is 0 Å². The van der Waals surface area contributed by atoms with Gasteiger partial charge in [-0.05, 0) is 25.6 Å². The summed E-state index contributed by atoms with van der Waals surface area (Å²) in [5, 5.41) is 3.24. The van der Waals surface area contributed by atoms with Gasteiger partial charge in [0.1, 0.15) is 0 Å². The van der Waals surface area contributed by atoms with Gasteiger partial charge < -0.3 is 5.32 Å². The average molecular weight is 109 g/mol. The molecule has 0 heterocycles. The van der Waals surface area contributed by atoms with Crippen LogP contribution in [0.3, 0.4) is 0 Å². The van der Waals surface area contributed by atoms with Crippen LogP contribution in [-0.2, 0) is 0 Å². The van der Waals surface area contributed by atoms with E-state index in [-0.39, 0.29) is 0 Å². The second kappa shape index (κ2) is 2.71. The molecule has 1 nitrogen and oxygen atoms in total. The summed E-state index contributed by atoms with van der Waals surface area (Å²) in [5.41, 5.74) is 4.43. The molecule has 0 fully saturated rings. The molecule has 0 amide bonds. The fourth-order valence-corrected chi connectivity index (χ4v) is 0.595. The summed E-state index contributed by atoms with van der Waals surface area (Å²) in [7, 11) is 0. The van der Waals surface area contributed by atoms with E-state index in [0.29, 0.717) is 0 Å². The molecule has 1 rings (SSSR count). The first-order valence-electron chi connectivity index (χ1n) is 3.10. The zero-order valence-corrected chi connectivity index (χ0v) is 5.20. The van der Waals surface area contributed by atoms with Crippen LogP contribution in [-0.4, -0.2) is 13.1 Å². The molecule has 0 atom stereocenters. The van der Waals surface area contributed by atoms with Gasteiger partial charge in [0.05, 0.1) is 0 Å². The highest BCUT2D eigenvalue weighted by Crippen LogP contribution is 2.08. The molecule has 0 unspecified atom stereocenters. The smallest absolute Gasteiger partial charge is 0.00297 e.